The van der Waals surface area contributed by atoms with Crippen molar-refractivity contribution in [1.82, 2.24) is 5.32 Å². The van der Waals surface area contributed by atoms with E-state index in [4.69, 9.17) is 11.6 Å². The van der Waals surface area contributed by atoms with Crippen molar-refractivity contribution in [3.8, 4) is 11.5 Å². The second-order valence-electron chi connectivity index (χ2n) is 4.72. The monoisotopic (exact) mass is 269 g/mol. The van der Waals surface area contributed by atoms with Gasteiger partial charge in [0.05, 0.1) is 0 Å². The summed E-state index contributed by atoms with van der Waals surface area (Å²) in [5.41, 5.74) is 0.257. The number of alkyl halides is 1. The second kappa shape index (κ2) is 5.48. The highest BCUT2D eigenvalue weighted by molar-refractivity contribution is 6.20. The van der Waals surface area contributed by atoms with Gasteiger partial charge in [0.1, 0.15) is 11.5 Å². The van der Waals surface area contributed by atoms with Gasteiger partial charge in [0.2, 0.25) is 0 Å². The molecule has 0 radical (unpaired) electrons. The molecule has 1 aliphatic carbocycles. The molecule has 18 heavy (non-hydrogen) atoms. The Labute approximate surface area is 111 Å². The number of amides is 1. The number of rotatable bonds is 3. The highest BCUT2D eigenvalue weighted by atomic mass is 35.5. The number of nitrogens with one attached hydrogen (secondary N) is 1. The fourth-order valence-electron chi connectivity index (χ4n) is 2.26. The van der Waals surface area contributed by atoms with E-state index >= 15 is 0 Å². The van der Waals surface area contributed by atoms with Crippen LogP contribution in [0.2, 0.25) is 0 Å². The van der Waals surface area contributed by atoms with E-state index in [2.05, 4.69) is 5.32 Å². The lowest BCUT2D eigenvalue weighted by molar-refractivity contribution is 0.0946. The molecule has 2 atom stereocenters. The van der Waals surface area contributed by atoms with Gasteiger partial charge in [-0.05, 0) is 37.3 Å². The molecule has 0 saturated heterocycles. The van der Waals surface area contributed by atoms with Crippen LogP contribution in [0.1, 0.15) is 29.6 Å². The standard InChI is InChI=1S/C13H16ClNO3/c14-10-2-1-8(3-10)7-15-13(18)9-4-11(16)6-12(17)5-9/h4-6,8,10,16-17H,1-3,7H2,(H,15,18). The van der Waals surface area contributed by atoms with Gasteiger partial charge in [0.25, 0.3) is 5.91 Å². The van der Waals surface area contributed by atoms with E-state index in [1.807, 2.05) is 0 Å². The van der Waals surface area contributed by atoms with Crippen molar-refractivity contribution in [2.24, 2.45) is 5.92 Å². The molecule has 3 N–H and O–H groups in total. The maximum atomic E-state index is 11.8. The summed E-state index contributed by atoms with van der Waals surface area (Å²) in [5.74, 6) is -0.120. The Morgan fingerprint density at radius 1 is 1.28 bits per heavy atom. The number of benzene rings is 1. The van der Waals surface area contributed by atoms with Gasteiger partial charge in [-0.3, -0.25) is 4.79 Å². The molecule has 2 unspecified atom stereocenters. The van der Waals surface area contributed by atoms with Crippen LogP contribution in [-0.4, -0.2) is 28.0 Å². The average Bonchev–Trinajstić information content (AvgIpc) is 2.70. The van der Waals surface area contributed by atoms with Gasteiger partial charge in [0, 0.05) is 23.6 Å². The van der Waals surface area contributed by atoms with E-state index in [-0.39, 0.29) is 28.3 Å². The third kappa shape index (κ3) is 3.29. The summed E-state index contributed by atoms with van der Waals surface area (Å²) in [5, 5.41) is 21.6. The summed E-state index contributed by atoms with van der Waals surface area (Å²) in [7, 11) is 0. The summed E-state index contributed by atoms with van der Waals surface area (Å²) in [6.07, 6.45) is 2.95. The van der Waals surface area contributed by atoms with Crippen LogP contribution < -0.4 is 5.32 Å². The number of halogens is 1. The van der Waals surface area contributed by atoms with Crippen molar-refractivity contribution >= 4 is 17.5 Å². The summed E-state index contributed by atoms with van der Waals surface area (Å²) in [6, 6.07) is 3.84. The second-order valence-corrected chi connectivity index (χ2v) is 5.34. The maximum absolute atomic E-state index is 11.8. The third-order valence-corrected chi connectivity index (χ3v) is 3.59. The first kappa shape index (κ1) is 13.0. The van der Waals surface area contributed by atoms with Gasteiger partial charge >= 0.3 is 0 Å². The number of phenols is 2. The number of phenolic OH excluding ortho intramolecular Hbond substituents is 2. The van der Waals surface area contributed by atoms with Crippen molar-refractivity contribution in [3.63, 3.8) is 0 Å². The first-order chi connectivity index (χ1) is 8.54. The van der Waals surface area contributed by atoms with Gasteiger partial charge in [-0.1, -0.05) is 0 Å². The molecule has 0 aromatic heterocycles. The largest absolute Gasteiger partial charge is 0.508 e. The smallest absolute Gasteiger partial charge is 0.251 e. The lowest BCUT2D eigenvalue weighted by Crippen LogP contribution is -2.28. The molecule has 0 aliphatic heterocycles. The molecule has 1 aromatic carbocycles. The molecule has 0 bridgehead atoms. The number of hydrogen-bond acceptors (Lipinski definition) is 3. The van der Waals surface area contributed by atoms with Crippen LogP contribution in [0, 0.1) is 5.92 Å². The number of carbonyl (C=O) groups excluding carboxylic acids is 1. The third-order valence-electron chi connectivity index (χ3n) is 3.19. The molecule has 5 heteroatoms. The summed E-state index contributed by atoms with van der Waals surface area (Å²) in [4.78, 5) is 11.8. The van der Waals surface area contributed by atoms with Gasteiger partial charge in [-0.15, -0.1) is 11.6 Å². The number of carbonyl (C=O) groups is 1. The molecular formula is C13H16ClNO3. The Kier molecular flexibility index (Phi) is 3.97. The number of aromatic hydroxyl groups is 2. The van der Waals surface area contributed by atoms with Crippen molar-refractivity contribution < 1.29 is 15.0 Å². The van der Waals surface area contributed by atoms with Gasteiger partial charge in [-0.2, -0.15) is 0 Å². The van der Waals surface area contributed by atoms with E-state index in [0.29, 0.717) is 12.5 Å². The minimum atomic E-state index is -0.292. The Balaban J connectivity index is 1.91. The van der Waals surface area contributed by atoms with E-state index in [1.165, 1.54) is 18.2 Å². The maximum Gasteiger partial charge on any atom is 0.251 e. The zero-order valence-electron chi connectivity index (χ0n) is 9.90. The highest BCUT2D eigenvalue weighted by Crippen LogP contribution is 2.28. The molecule has 1 aromatic rings. The molecule has 2 rings (SSSR count). The highest BCUT2D eigenvalue weighted by Gasteiger charge is 2.23. The van der Waals surface area contributed by atoms with Crippen LogP contribution in [0.15, 0.2) is 18.2 Å². The Morgan fingerprint density at radius 3 is 2.50 bits per heavy atom. The molecule has 4 nitrogen and oxygen atoms in total. The first-order valence-corrected chi connectivity index (χ1v) is 6.43. The fourth-order valence-corrected chi connectivity index (χ4v) is 2.64. The van der Waals surface area contributed by atoms with E-state index < -0.39 is 0 Å². The van der Waals surface area contributed by atoms with Crippen molar-refractivity contribution in [2.75, 3.05) is 6.54 Å². The van der Waals surface area contributed by atoms with Gasteiger partial charge in [0.15, 0.2) is 0 Å². The van der Waals surface area contributed by atoms with Gasteiger partial charge < -0.3 is 15.5 Å². The molecule has 98 valence electrons. The van der Waals surface area contributed by atoms with E-state index in [0.717, 1.165) is 19.3 Å². The lowest BCUT2D eigenvalue weighted by Gasteiger charge is -2.11. The zero-order chi connectivity index (χ0) is 13.1. The Bertz CT molecular complexity index is 430. The van der Waals surface area contributed by atoms with Crippen LogP contribution in [-0.2, 0) is 0 Å². The normalized spacial score (nSPS) is 22.9. The molecular weight excluding hydrogens is 254 g/mol. The molecule has 0 heterocycles. The van der Waals surface area contributed by atoms with Crippen LogP contribution in [0.25, 0.3) is 0 Å². The molecule has 1 aliphatic rings. The molecule has 1 amide bonds. The van der Waals surface area contributed by atoms with Crippen LogP contribution >= 0.6 is 11.6 Å². The van der Waals surface area contributed by atoms with Crippen LogP contribution in [0.3, 0.4) is 0 Å². The molecule has 0 spiro atoms. The predicted octanol–water partition coefficient (Wildman–Crippen LogP) is 2.24. The Morgan fingerprint density at radius 2 is 1.94 bits per heavy atom. The average molecular weight is 270 g/mol. The minimum absolute atomic E-state index is 0.123. The van der Waals surface area contributed by atoms with Crippen molar-refractivity contribution in [2.45, 2.75) is 24.6 Å². The quantitative estimate of drug-likeness (QED) is 0.737. The SMILES string of the molecule is O=C(NCC1CCC(Cl)C1)c1cc(O)cc(O)c1. The predicted molar refractivity (Wildman–Crippen MR) is 69.1 cm³/mol. The zero-order valence-corrected chi connectivity index (χ0v) is 10.7. The molecule has 1 fully saturated rings. The van der Waals surface area contributed by atoms with Crippen molar-refractivity contribution in [1.29, 1.82) is 0 Å². The minimum Gasteiger partial charge on any atom is -0.508 e. The first-order valence-electron chi connectivity index (χ1n) is 6.00. The molecule has 1 saturated carbocycles. The fraction of sp³-hybridized carbons (Fsp3) is 0.462. The van der Waals surface area contributed by atoms with E-state index in [1.54, 1.807) is 0 Å². The summed E-state index contributed by atoms with van der Waals surface area (Å²) >= 11 is 6.00. The topological polar surface area (TPSA) is 69.6 Å². The Hall–Kier alpha value is -1.42. The number of hydrogen-bond donors (Lipinski definition) is 3. The van der Waals surface area contributed by atoms with Crippen LogP contribution in [0.5, 0.6) is 11.5 Å². The van der Waals surface area contributed by atoms with Crippen LogP contribution in [0.4, 0.5) is 0 Å². The summed E-state index contributed by atoms with van der Waals surface area (Å²) < 4.78 is 0. The van der Waals surface area contributed by atoms with Crippen molar-refractivity contribution in [3.05, 3.63) is 23.8 Å². The van der Waals surface area contributed by atoms with Gasteiger partial charge in [-0.25, -0.2) is 0 Å². The lowest BCUT2D eigenvalue weighted by atomic mass is 10.1. The summed E-state index contributed by atoms with van der Waals surface area (Å²) in [6.45, 7) is 0.582. The van der Waals surface area contributed by atoms with E-state index in [9.17, 15) is 15.0 Å².